The van der Waals surface area contributed by atoms with Gasteiger partial charge in [0.25, 0.3) is 11.8 Å². The Labute approximate surface area is 212 Å². The van der Waals surface area contributed by atoms with Crippen LogP contribution in [0.15, 0.2) is 85.2 Å². The first-order valence-electron chi connectivity index (χ1n) is 11.6. The summed E-state index contributed by atoms with van der Waals surface area (Å²) in [4.78, 5) is 31.0. The van der Waals surface area contributed by atoms with Gasteiger partial charge in [-0.15, -0.1) is 10.2 Å². The molecule has 2 amide bonds. The molecule has 2 aromatic carbocycles. The molecule has 10 nitrogen and oxygen atoms in total. The summed E-state index contributed by atoms with van der Waals surface area (Å²) in [5.41, 5.74) is 10.1. The Morgan fingerprint density at radius 2 is 1.65 bits per heavy atom. The topological polar surface area (TPSA) is 120 Å². The normalized spacial score (nSPS) is 10.8. The van der Waals surface area contributed by atoms with Crippen molar-refractivity contribution in [2.24, 2.45) is 0 Å². The molecule has 0 saturated heterocycles. The lowest BCUT2D eigenvalue weighted by atomic mass is 10.1. The summed E-state index contributed by atoms with van der Waals surface area (Å²) in [5.74, 6) is -0.278. The summed E-state index contributed by atoms with van der Waals surface area (Å²) >= 11 is 0. The van der Waals surface area contributed by atoms with Crippen molar-refractivity contribution in [3.63, 3.8) is 0 Å². The zero-order valence-electron chi connectivity index (χ0n) is 20.3. The molecule has 0 aliphatic heterocycles. The van der Waals surface area contributed by atoms with E-state index in [1.54, 1.807) is 30.6 Å². The van der Waals surface area contributed by atoms with Crippen LogP contribution >= 0.6 is 0 Å². The van der Waals surface area contributed by atoms with E-state index >= 15 is 0 Å². The highest BCUT2D eigenvalue weighted by molar-refractivity contribution is 5.99. The molecular weight excluding hydrogens is 468 g/mol. The summed E-state index contributed by atoms with van der Waals surface area (Å²) in [5, 5.41) is 12.6. The van der Waals surface area contributed by atoms with Gasteiger partial charge in [0.15, 0.2) is 0 Å². The SMILES string of the molecule is Cc1cc(C(=O)NNC(=O)c2ccc(Cn3nnc(-c4ccccc4)n3)cc2)c(C)n1-c1cccnc1. The van der Waals surface area contributed by atoms with Crippen molar-refractivity contribution < 1.29 is 9.59 Å². The summed E-state index contributed by atoms with van der Waals surface area (Å²) in [6.45, 7) is 4.17. The number of hydrogen-bond acceptors (Lipinski definition) is 6. The van der Waals surface area contributed by atoms with Gasteiger partial charge in [0, 0.05) is 28.7 Å². The number of aromatic nitrogens is 6. The van der Waals surface area contributed by atoms with Gasteiger partial charge in [-0.05, 0) is 55.0 Å². The smallest absolute Gasteiger partial charge is 0.271 e. The molecule has 0 aliphatic rings. The Kier molecular flexibility index (Phi) is 6.54. The van der Waals surface area contributed by atoms with Crippen molar-refractivity contribution in [3.8, 4) is 17.1 Å². The Morgan fingerprint density at radius 3 is 2.38 bits per heavy atom. The van der Waals surface area contributed by atoms with Crippen LogP contribution < -0.4 is 10.9 Å². The number of rotatable bonds is 6. The van der Waals surface area contributed by atoms with Crippen LogP contribution in [0.2, 0.25) is 0 Å². The summed E-state index contributed by atoms with van der Waals surface area (Å²) < 4.78 is 1.94. The minimum absolute atomic E-state index is 0.403. The highest BCUT2D eigenvalue weighted by Crippen LogP contribution is 2.20. The average Bonchev–Trinajstić information content (AvgIpc) is 3.52. The molecule has 0 bridgehead atoms. The van der Waals surface area contributed by atoms with Gasteiger partial charge in [-0.2, -0.15) is 4.80 Å². The number of benzene rings is 2. The molecule has 0 atom stereocenters. The number of carbonyl (C=O) groups is 2. The number of hydrogen-bond donors (Lipinski definition) is 2. The molecule has 3 heterocycles. The Hall–Kier alpha value is -5.12. The molecule has 0 aliphatic carbocycles. The van der Waals surface area contributed by atoms with E-state index in [1.807, 2.05) is 73.0 Å². The molecule has 37 heavy (non-hydrogen) atoms. The van der Waals surface area contributed by atoms with Crippen molar-refractivity contribution in [1.82, 2.24) is 40.6 Å². The fourth-order valence-electron chi connectivity index (χ4n) is 4.07. The number of aryl methyl sites for hydroxylation is 1. The first-order valence-corrected chi connectivity index (χ1v) is 11.6. The van der Waals surface area contributed by atoms with Crippen LogP contribution in [0, 0.1) is 13.8 Å². The van der Waals surface area contributed by atoms with Gasteiger partial charge in [-0.1, -0.05) is 42.5 Å². The predicted molar refractivity (Wildman–Crippen MR) is 137 cm³/mol. The maximum absolute atomic E-state index is 12.8. The average molecular weight is 493 g/mol. The van der Waals surface area contributed by atoms with Crippen LogP contribution in [0.5, 0.6) is 0 Å². The second-order valence-electron chi connectivity index (χ2n) is 8.45. The van der Waals surface area contributed by atoms with Crippen LogP contribution in [0.4, 0.5) is 0 Å². The number of hydrazine groups is 1. The molecule has 0 fully saturated rings. The minimum Gasteiger partial charge on any atom is -0.316 e. The molecular formula is C27H24N8O2. The Balaban J connectivity index is 1.20. The number of amides is 2. The number of nitrogens with one attached hydrogen (secondary N) is 2. The molecule has 184 valence electrons. The highest BCUT2D eigenvalue weighted by Gasteiger charge is 2.17. The van der Waals surface area contributed by atoms with Gasteiger partial charge in [0.1, 0.15) is 0 Å². The third-order valence-corrected chi connectivity index (χ3v) is 5.89. The molecule has 0 unspecified atom stereocenters. The highest BCUT2D eigenvalue weighted by atomic mass is 16.2. The number of nitrogens with zero attached hydrogens (tertiary/aromatic N) is 6. The summed E-state index contributed by atoms with van der Waals surface area (Å²) in [6, 6.07) is 22.1. The van der Waals surface area contributed by atoms with Crippen LogP contribution in [-0.2, 0) is 6.54 Å². The first kappa shape index (κ1) is 23.6. The fraction of sp³-hybridized carbons (Fsp3) is 0.111. The van der Waals surface area contributed by atoms with Crippen molar-refractivity contribution in [2.45, 2.75) is 20.4 Å². The van der Waals surface area contributed by atoms with Gasteiger partial charge in [0.2, 0.25) is 5.82 Å². The van der Waals surface area contributed by atoms with Crippen molar-refractivity contribution in [3.05, 3.63) is 113 Å². The van der Waals surface area contributed by atoms with E-state index in [0.717, 1.165) is 28.2 Å². The first-order chi connectivity index (χ1) is 18.0. The number of tetrazole rings is 1. The lowest BCUT2D eigenvalue weighted by Gasteiger charge is -2.10. The lowest BCUT2D eigenvalue weighted by Crippen LogP contribution is -2.41. The molecule has 0 spiro atoms. The van der Waals surface area contributed by atoms with E-state index in [1.165, 1.54) is 4.80 Å². The van der Waals surface area contributed by atoms with Crippen molar-refractivity contribution >= 4 is 11.8 Å². The van der Waals surface area contributed by atoms with Gasteiger partial charge in [-0.25, -0.2) is 0 Å². The number of pyridine rings is 1. The Morgan fingerprint density at radius 1 is 0.892 bits per heavy atom. The maximum atomic E-state index is 12.8. The van der Waals surface area contributed by atoms with Gasteiger partial charge in [0.05, 0.1) is 24.0 Å². The van der Waals surface area contributed by atoms with Crippen LogP contribution in [0.3, 0.4) is 0 Å². The van der Waals surface area contributed by atoms with Gasteiger partial charge in [-0.3, -0.25) is 25.4 Å². The van der Waals surface area contributed by atoms with E-state index in [9.17, 15) is 9.59 Å². The molecule has 5 rings (SSSR count). The third-order valence-electron chi connectivity index (χ3n) is 5.89. The molecule has 10 heteroatoms. The summed E-state index contributed by atoms with van der Waals surface area (Å²) in [6.07, 6.45) is 3.43. The van der Waals surface area contributed by atoms with Crippen LogP contribution in [-0.4, -0.2) is 41.6 Å². The van der Waals surface area contributed by atoms with E-state index in [4.69, 9.17) is 0 Å². The van der Waals surface area contributed by atoms with Gasteiger partial charge >= 0.3 is 0 Å². The van der Waals surface area contributed by atoms with Crippen molar-refractivity contribution in [1.29, 1.82) is 0 Å². The quantitative estimate of drug-likeness (QED) is 0.351. The monoisotopic (exact) mass is 492 g/mol. The largest absolute Gasteiger partial charge is 0.316 e. The van der Waals surface area contributed by atoms with Crippen molar-refractivity contribution in [2.75, 3.05) is 0 Å². The molecule has 5 aromatic rings. The standard InChI is InChI=1S/C27H24N8O2/c1-18-15-24(19(2)35(18)23-9-6-14-28-16-23)27(37)31-30-26(36)22-12-10-20(11-13-22)17-34-32-25(29-33-34)21-7-4-3-5-8-21/h3-16H,17H2,1-2H3,(H,30,36)(H,31,37). The van der Waals surface area contributed by atoms with Gasteiger partial charge < -0.3 is 4.57 Å². The Bertz CT molecular complexity index is 1540. The molecule has 0 saturated carbocycles. The lowest BCUT2D eigenvalue weighted by molar-refractivity contribution is 0.0846. The maximum Gasteiger partial charge on any atom is 0.271 e. The van der Waals surface area contributed by atoms with E-state index in [2.05, 4.69) is 31.2 Å². The van der Waals surface area contributed by atoms with Crippen LogP contribution in [0.25, 0.3) is 17.1 Å². The predicted octanol–water partition coefficient (Wildman–Crippen LogP) is 3.27. The fourth-order valence-corrected chi connectivity index (χ4v) is 4.07. The summed E-state index contributed by atoms with van der Waals surface area (Å²) in [7, 11) is 0. The van der Waals surface area contributed by atoms with E-state index < -0.39 is 11.8 Å². The second kappa shape index (κ2) is 10.2. The zero-order chi connectivity index (χ0) is 25.8. The second-order valence-corrected chi connectivity index (χ2v) is 8.45. The number of carbonyl (C=O) groups excluding carboxylic acids is 2. The molecule has 3 aromatic heterocycles. The third kappa shape index (κ3) is 5.13. The molecule has 2 N–H and O–H groups in total. The van der Waals surface area contributed by atoms with Crippen LogP contribution in [0.1, 0.15) is 37.7 Å². The molecule has 0 radical (unpaired) electrons. The van der Waals surface area contributed by atoms with E-state index in [0.29, 0.717) is 23.5 Å². The minimum atomic E-state index is -0.425. The zero-order valence-corrected chi connectivity index (χ0v) is 20.3. The van der Waals surface area contributed by atoms with E-state index in [-0.39, 0.29) is 0 Å².